The van der Waals surface area contributed by atoms with Crippen molar-refractivity contribution in [1.82, 2.24) is 0 Å². The van der Waals surface area contributed by atoms with Gasteiger partial charge in [0.1, 0.15) is 11.4 Å². The van der Waals surface area contributed by atoms with Crippen molar-refractivity contribution in [2.24, 2.45) is 11.1 Å². The van der Waals surface area contributed by atoms with Crippen LogP contribution in [0.2, 0.25) is 0 Å². The monoisotopic (exact) mass is 308 g/mol. The molecular weight excluding hydrogens is 284 g/mol. The number of rotatable bonds is 2. The van der Waals surface area contributed by atoms with Gasteiger partial charge in [-0.05, 0) is 51.0 Å². The lowest BCUT2D eigenvalue weighted by atomic mass is 9.48. The van der Waals surface area contributed by atoms with Crippen molar-refractivity contribution < 1.29 is 4.74 Å². The molecular formula is C17H25ClN2O. The van der Waals surface area contributed by atoms with E-state index in [1.54, 1.807) is 0 Å². The van der Waals surface area contributed by atoms with Crippen LogP contribution in [0.3, 0.4) is 0 Å². The highest BCUT2D eigenvalue weighted by Gasteiger charge is 2.64. The van der Waals surface area contributed by atoms with Crippen molar-refractivity contribution in [1.29, 1.82) is 5.26 Å². The van der Waals surface area contributed by atoms with Crippen molar-refractivity contribution in [3.05, 3.63) is 28.8 Å². The fraction of sp³-hybridized carbons (Fsp3) is 0.588. The predicted octanol–water partition coefficient (Wildman–Crippen LogP) is 3.88. The average molecular weight is 309 g/mol. The fourth-order valence-electron chi connectivity index (χ4n) is 3.22. The molecule has 1 aliphatic rings. The van der Waals surface area contributed by atoms with Gasteiger partial charge in [0, 0.05) is 17.4 Å². The number of benzene rings is 1. The Labute approximate surface area is 133 Å². The molecule has 2 rings (SSSR count). The maximum Gasteiger partial charge on any atom is 0.120 e. The summed E-state index contributed by atoms with van der Waals surface area (Å²) in [5.74, 6) is 0.824. The van der Waals surface area contributed by atoms with Crippen molar-refractivity contribution in [3.8, 4) is 11.8 Å². The van der Waals surface area contributed by atoms with Gasteiger partial charge in [0.05, 0.1) is 11.6 Å². The molecule has 2 N–H and O–H groups in total. The van der Waals surface area contributed by atoms with Crippen LogP contribution in [0, 0.1) is 30.6 Å². The summed E-state index contributed by atoms with van der Waals surface area (Å²) in [6, 6.07) is 6.12. The molecule has 0 spiro atoms. The molecule has 2 atom stereocenters. The maximum atomic E-state index is 9.12. The van der Waals surface area contributed by atoms with E-state index in [9.17, 15) is 0 Å². The Kier molecular flexibility index (Phi) is 4.40. The normalized spacial score (nSPS) is 29.8. The quantitative estimate of drug-likeness (QED) is 0.902. The molecule has 0 bridgehead atoms. The first-order valence-electron chi connectivity index (χ1n) is 7.03. The molecule has 1 aromatic carbocycles. The molecule has 0 amide bonds. The van der Waals surface area contributed by atoms with Crippen LogP contribution in [0.1, 0.15) is 50.8 Å². The number of nitrogens with zero attached hydrogens (tertiary/aromatic N) is 1. The Bertz CT molecular complexity index is 578. The summed E-state index contributed by atoms with van der Waals surface area (Å²) >= 11 is 0. The van der Waals surface area contributed by atoms with E-state index in [-0.39, 0.29) is 29.0 Å². The van der Waals surface area contributed by atoms with Crippen LogP contribution in [-0.4, -0.2) is 11.1 Å². The van der Waals surface area contributed by atoms with Crippen molar-refractivity contribution >= 4 is 12.4 Å². The van der Waals surface area contributed by atoms with Crippen LogP contribution in [0.25, 0.3) is 0 Å². The molecule has 1 aromatic rings. The van der Waals surface area contributed by atoms with E-state index in [0.29, 0.717) is 0 Å². The fourth-order valence-corrected chi connectivity index (χ4v) is 3.22. The SMILES string of the molecule is Cc1cc(O[C@]2(C)C[C@@](C)(N)C2(C)C)cc(C)c1C#N.Cl. The first-order valence-corrected chi connectivity index (χ1v) is 7.03. The number of ether oxygens (including phenoxy) is 1. The van der Waals surface area contributed by atoms with Gasteiger partial charge in [-0.3, -0.25) is 0 Å². The lowest BCUT2D eigenvalue weighted by Crippen LogP contribution is -2.75. The largest absolute Gasteiger partial charge is 0.487 e. The minimum atomic E-state index is -0.274. The van der Waals surface area contributed by atoms with Crippen LogP contribution in [0.15, 0.2) is 12.1 Å². The van der Waals surface area contributed by atoms with Gasteiger partial charge in [-0.15, -0.1) is 12.4 Å². The Morgan fingerprint density at radius 3 is 1.95 bits per heavy atom. The highest BCUT2D eigenvalue weighted by Crippen LogP contribution is 2.57. The van der Waals surface area contributed by atoms with Crippen molar-refractivity contribution in [2.45, 2.75) is 59.1 Å². The van der Waals surface area contributed by atoms with Gasteiger partial charge in [-0.1, -0.05) is 13.8 Å². The zero-order valence-corrected chi connectivity index (χ0v) is 14.5. The zero-order chi connectivity index (χ0) is 15.3. The van der Waals surface area contributed by atoms with Gasteiger partial charge in [0.25, 0.3) is 0 Å². The molecule has 0 aliphatic heterocycles. The summed E-state index contributed by atoms with van der Waals surface area (Å²) in [7, 11) is 0. The molecule has 3 nitrogen and oxygen atoms in total. The molecule has 4 heteroatoms. The van der Waals surface area contributed by atoms with E-state index in [1.807, 2.05) is 26.0 Å². The first-order chi connectivity index (χ1) is 9.04. The van der Waals surface area contributed by atoms with Crippen molar-refractivity contribution in [3.63, 3.8) is 0 Å². The molecule has 0 saturated heterocycles. The second-order valence-electron chi connectivity index (χ2n) is 7.10. The molecule has 21 heavy (non-hydrogen) atoms. The van der Waals surface area contributed by atoms with E-state index in [1.165, 1.54) is 0 Å². The van der Waals surface area contributed by atoms with E-state index in [4.69, 9.17) is 15.7 Å². The highest BCUT2D eigenvalue weighted by atomic mass is 35.5. The first kappa shape index (κ1) is 17.8. The third kappa shape index (κ3) is 2.52. The molecule has 1 saturated carbocycles. The maximum absolute atomic E-state index is 9.12. The molecule has 1 fully saturated rings. The van der Waals surface area contributed by atoms with Crippen LogP contribution < -0.4 is 10.5 Å². The van der Waals surface area contributed by atoms with Crippen LogP contribution >= 0.6 is 12.4 Å². The smallest absolute Gasteiger partial charge is 0.120 e. The number of hydrogen-bond donors (Lipinski definition) is 1. The van der Waals surface area contributed by atoms with E-state index in [2.05, 4.69) is 33.8 Å². The number of nitriles is 1. The molecule has 1 aliphatic carbocycles. The lowest BCUT2D eigenvalue weighted by Gasteiger charge is -2.64. The summed E-state index contributed by atoms with van der Waals surface area (Å²) in [6.07, 6.45) is 0.825. The van der Waals surface area contributed by atoms with E-state index < -0.39 is 0 Å². The molecule has 0 aromatic heterocycles. The summed E-state index contributed by atoms with van der Waals surface area (Å²) < 4.78 is 6.26. The van der Waals surface area contributed by atoms with Crippen LogP contribution in [0.5, 0.6) is 5.75 Å². The topological polar surface area (TPSA) is 59.0 Å². The molecule has 0 unspecified atom stereocenters. The van der Waals surface area contributed by atoms with Gasteiger partial charge >= 0.3 is 0 Å². The third-order valence-electron chi connectivity index (χ3n) is 5.42. The van der Waals surface area contributed by atoms with Crippen LogP contribution in [-0.2, 0) is 0 Å². The summed E-state index contributed by atoms with van der Waals surface area (Å²) in [5, 5.41) is 9.12. The average Bonchev–Trinajstić information content (AvgIpc) is 2.27. The molecule has 0 radical (unpaired) electrons. The minimum Gasteiger partial charge on any atom is -0.487 e. The highest BCUT2D eigenvalue weighted by molar-refractivity contribution is 5.85. The number of hydrogen-bond acceptors (Lipinski definition) is 3. The Hall–Kier alpha value is -1.24. The van der Waals surface area contributed by atoms with Crippen LogP contribution in [0.4, 0.5) is 0 Å². The van der Waals surface area contributed by atoms with Gasteiger partial charge < -0.3 is 10.5 Å². The van der Waals surface area contributed by atoms with E-state index in [0.717, 1.165) is 28.9 Å². The van der Waals surface area contributed by atoms with Gasteiger partial charge in [0.15, 0.2) is 0 Å². The van der Waals surface area contributed by atoms with Gasteiger partial charge in [0.2, 0.25) is 0 Å². The van der Waals surface area contributed by atoms with Crippen molar-refractivity contribution in [2.75, 3.05) is 0 Å². The second-order valence-corrected chi connectivity index (χ2v) is 7.10. The lowest BCUT2D eigenvalue weighted by molar-refractivity contribution is -0.171. The van der Waals surface area contributed by atoms with Gasteiger partial charge in [-0.2, -0.15) is 5.26 Å². The number of nitrogens with two attached hydrogens (primary N) is 1. The standard InChI is InChI=1S/C17H24N2O.ClH/c1-11-7-13(8-12(2)14(11)9-18)20-17(6)10-16(5,19)15(17,3)4;/h7-8H,10,19H2,1-6H3;1H/t16-,17-;/m1./s1. The second kappa shape index (κ2) is 5.19. The molecule has 0 heterocycles. The third-order valence-corrected chi connectivity index (χ3v) is 5.42. The Morgan fingerprint density at radius 1 is 1.14 bits per heavy atom. The molecule has 116 valence electrons. The Balaban J connectivity index is 0.00000220. The van der Waals surface area contributed by atoms with E-state index >= 15 is 0 Å². The summed E-state index contributed by atoms with van der Waals surface area (Å²) in [6.45, 7) is 12.4. The van der Waals surface area contributed by atoms with Gasteiger partial charge in [-0.25, -0.2) is 0 Å². The number of aryl methyl sites for hydroxylation is 2. The summed E-state index contributed by atoms with van der Waals surface area (Å²) in [4.78, 5) is 0. The predicted molar refractivity (Wildman–Crippen MR) is 87.9 cm³/mol. The minimum absolute atomic E-state index is 0. The zero-order valence-electron chi connectivity index (χ0n) is 13.7. The number of halogens is 1. The Morgan fingerprint density at radius 2 is 1.62 bits per heavy atom. The summed E-state index contributed by atoms with van der Waals surface area (Å²) in [5.41, 5.74) is 8.37.